The fourth-order valence-electron chi connectivity index (χ4n) is 1.30. The third-order valence-corrected chi connectivity index (χ3v) is 2.93. The summed E-state index contributed by atoms with van der Waals surface area (Å²) in [6.45, 7) is 3.12. The van der Waals surface area contributed by atoms with Crippen LogP contribution in [0.15, 0.2) is 41.2 Å². The van der Waals surface area contributed by atoms with Crippen LogP contribution in [0.25, 0.3) is 0 Å². The summed E-state index contributed by atoms with van der Waals surface area (Å²) in [4.78, 5) is 0. The van der Waals surface area contributed by atoms with Gasteiger partial charge in [0.15, 0.2) is 12.2 Å². The van der Waals surface area contributed by atoms with Crippen molar-refractivity contribution in [3.05, 3.63) is 52.5 Å². The molecule has 2 rings (SSSR count). The van der Waals surface area contributed by atoms with Crippen LogP contribution >= 0.6 is 11.3 Å². The molecule has 0 unspecified atom stereocenters. The Morgan fingerprint density at radius 2 is 2.00 bits per heavy atom. The lowest BCUT2D eigenvalue weighted by molar-refractivity contribution is -0.689. The minimum atomic E-state index is 0.982. The molecule has 0 bridgehead atoms. The third-order valence-electron chi connectivity index (χ3n) is 2.08. The molecule has 1 nitrogen and oxygen atoms in total. The molecule has 0 saturated heterocycles. The van der Waals surface area contributed by atoms with Gasteiger partial charge in [0.1, 0.15) is 0 Å². The molecule has 0 aliphatic carbocycles. The summed E-state index contributed by atoms with van der Waals surface area (Å²) >= 11 is 1.75. The number of benzene rings is 1. The second-order valence-corrected chi connectivity index (χ2v) is 3.83. The molecule has 0 amide bonds. The lowest BCUT2D eigenvalue weighted by Crippen LogP contribution is -2.34. The van der Waals surface area contributed by atoms with Crippen molar-refractivity contribution in [2.75, 3.05) is 0 Å². The average Bonchev–Trinajstić information content (AvgIpc) is 2.54. The van der Waals surface area contributed by atoms with Crippen LogP contribution in [0, 0.1) is 6.92 Å². The van der Waals surface area contributed by atoms with E-state index in [1.807, 2.05) is 0 Å². The van der Waals surface area contributed by atoms with E-state index in [1.165, 1.54) is 11.3 Å². The number of hydrogen-bond acceptors (Lipinski definition) is 1. The van der Waals surface area contributed by atoms with E-state index in [-0.39, 0.29) is 0 Å². The van der Waals surface area contributed by atoms with Crippen molar-refractivity contribution in [3.63, 3.8) is 0 Å². The Morgan fingerprint density at radius 1 is 1.23 bits per heavy atom. The monoisotopic (exact) mass is 190 g/mol. The van der Waals surface area contributed by atoms with Crippen molar-refractivity contribution in [2.24, 2.45) is 0 Å². The smallest absolute Gasteiger partial charge is 0.189 e. The molecule has 0 radical (unpaired) electrons. The average molecular weight is 190 g/mol. The van der Waals surface area contributed by atoms with E-state index in [0.29, 0.717) is 0 Å². The maximum absolute atomic E-state index is 2.26. The first-order chi connectivity index (χ1) is 6.36. The summed E-state index contributed by atoms with van der Waals surface area (Å²) in [5.74, 6) is 0. The second-order valence-electron chi connectivity index (χ2n) is 3.11. The minimum absolute atomic E-state index is 0.982. The zero-order chi connectivity index (χ0) is 9.10. The fraction of sp³-hybridized carbons (Fsp3) is 0.182. The highest BCUT2D eigenvalue weighted by molar-refractivity contribution is 7.07. The Hall–Kier alpha value is -1.15. The van der Waals surface area contributed by atoms with E-state index in [9.17, 15) is 0 Å². The molecule has 0 spiro atoms. The van der Waals surface area contributed by atoms with Gasteiger partial charge < -0.3 is 0 Å². The summed E-state index contributed by atoms with van der Waals surface area (Å²) < 4.78 is 2.26. The van der Waals surface area contributed by atoms with Crippen LogP contribution in [0.1, 0.15) is 11.3 Å². The van der Waals surface area contributed by atoms with Gasteiger partial charge in [-0.15, -0.1) is 0 Å². The number of aryl methyl sites for hydroxylation is 1. The fourth-order valence-corrected chi connectivity index (χ4v) is 2.08. The Labute approximate surface area is 82.3 Å². The van der Waals surface area contributed by atoms with Gasteiger partial charge in [0.25, 0.3) is 0 Å². The highest BCUT2D eigenvalue weighted by Crippen LogP contribution is 2.01. The van der Waals surface area contributed by atoms with E-state index in [2.05, 4.69) is 52.7 Å². The Bertz CT molecular complexity index is 378. The van der Waals surface area contributed by atoms with Crippen molar-refractivity contribution < 1.29 is 4.57 Å². The molecular formula is C11H12NS+. The van der Waals surface area contributed by atoms with Crippen LogP contribution in [0.3, 0.4) is 0 Å². The first-order valence-corrected chi connectivity index (χ1v) is 5.27. The number of rotatable bonds is 2. The number of thiazole rings is 1. The molecule has 0 aliphatic heterocycles. The normalized spacial score (nSPS) is 10.2. The minimum Gasteiger partial charge on any atom is -0.189 e. The molecule has 66 valence electrons. The molecule has 0 atom stereocenters. The first kappa shape index (κ1) is 8.45. The van der Waals surface area contributed by atoms with E-state index >= 15 is 0 Å². The van der Waals surface area contributed by atoms with Crippen LogP contribution in [-0.2, 0) is 6.54 Å². The van der Waals surface area contributed by atoms with Crippen LogP contribution in [0.4, 0.5) is 0 Å². The zero-order valence-corrected chi connectivity index (χ0v) is 8.42. The second kappa shape index (κ2) is 3.71. The highest BCUT2D eigenvalue weighted by atomic mass is 32.1. The predicted octanol–water partition coefficient (Wildman–Crippen LogP) is 2.39. The lowest BCUT2D eigenvalue weighted by Gasteiger charge is -1.95. The Balaban J connectivity index is 2.20. The van der Waals surface area contributed by atoms with Gasteiger partial charge in [0, 0.05) is 12.5 Å². The van der Waals surface area contributed by atoms with Crippen LogP contribution in [0.5, 0.6) is 0 Å². The van der Waals surface area contributed by atoms with Crippen LogP contribution in [0.2, 0.25) is 0 Å². The van der Waals surface area contributed by atoms with Gasteiger partial charge in [-0.3, -0.25) is 0 Å². The summed E-state index contributed by atoms with van der Waals surface area (Å²) in [5, 5.41) is 2.17. The predicted molar refractivity (Wildman–Crippen MR) is 54.8 cm³/mol. The molecule has 1 heterocycles. The SMILES string of the molecule is Cc1csc[n+]1Cc1ccccc1. The number of nitrogens with zero attached hydrogens (tertiary/aromatic N) is 1. The van der Waals surface area contributed by atoms with Crippen molar-refractivity contribution in [1.29, 1.82) is 0 Å². The molecule has 0 aliphatic rings. The highest BCUT2D eigenvalue weighted by Gasteiger charge is 2.06. The molecule has 0 N–H and O–H groups in total. The molecule has 1 aromatic carbocycles. The number of hydrogen-bond donors (Lipinski definition) is 0. The van der Waals surface area contributed by atoms with Gasteiger partial charge in [-0.1, -0.05) is 41.7 Å². The summed E-state index contributed by atoms with van der Waals surface area (Å²) in [6.07, 6.45) is 0. The Kier molecular flexibility index (Phi) is 2.41. The largest absolute Gasteiger partial charge is 0.225 e. The van der Waals surface area contributed by atoms with Crippen LogP contribution in [-0.4, -0.2) is 0 Å². The third kappa shape index (κ3) is 1.95. The van der Waals surface area contributed by atoms with Gasteiger partial charge in [0.05, 0.1) is 5.38 Å². The van der Waals surface area contributed by atoms with E-state index < -0.39 is 0 Å². The summed E-state index contributed by atoms with van der Waals surface area (Å²) in [7, 11) is 0. The topological polar surface area (TPSA) is 3.88 Å². The van der Waals surface area contributed by atoms with Gasteiger partial charge in [-0.05, 0) is 0 Å². The quantitative estimate of drug-likeness (QED) is 0.640. The molecule has 0 saturated carbocycles. The van der Waals surface area contributed by atoms with E-state index in [0.717, 1.165) is 6.54 Å². The number of aromatic nitrogens is 1. The van der Waals surface area contributed by atoms with Gasteiger partial charge in [-0.25, -0.2) is 0 Å². The van der Waals surface area contributed by atoms with Gasteiger partial charge in [-0.2, -0.15) is 4.57 Å². The summed E-state index contributed by atoms with van der Waals surface area (Å²) in [5.41, 5.74) is 4.84. The first-order valence-electron chi connectivity index (χ1n) is 4.32. The van der Waals surface area contributed by atoms with Gasteiger partial charge >= 0.3 is 0 Å². The standard InChI is InChI=1S/C11H12NS/c1-10-8-13-9-12(10)7-11-5-3-2-4-6-11/h2-6,8-9H,7H2,1H3/q+1. The van der Waals surface area contributed by atoms with Gasteiger partial charge in [0.2, 0.25) is 5.51 Å². The maximum Gasteiger partial charge on any atom is 0.225 e. The van der Waals surface area contributed by atoms with E-state index in [4.69, 9.17) is 0 Å². The molecule has 2 heteroatoms. The molecule has 13 heavy (non-hydrogen) atoms. The molecular weight excluding hydrogens is 178 g/mol. The zero-order valence-electron chi connectivity index (χ0n) is 7.60. The van der Waals surface area contributed by atoms with Crippen molar-refractivity contribution in [3.8, 4) is 0 Å². The van der Waals surface area contributed by atoms with Crippen molar-refractivity contribution in [1.82, 2.24) is 0 Å². The van der Waals surface area contributed by atoms with Crippen LogP contribution < -0.4 is 4.57 Å². The molecule has 2 aromatic rings. The Morgan fingerprint density at radius 3 is 2.62 bits per heavy atom. The van der Waals surface area contributed by atoms with Crippen molar-refractivity contribution >= 4 is 11.3 Å². The lowest BCUT2D eigenvalue weighted by atomic mass is 10.2. The van der Waals surface area contributed by atoms with Crippen molar-refractivity contribution in [2.45, 2.75) is 13.5 Å². The molecule has 1 aromatic heterocycles. The maximum atomic E-state index is 2.26. The summed E-state index contributed by atoms with van der Waals surface area (Å²) in [6, 6.07) is 10.5. The van der Waals surface area contributed by atoms with E-state index in [1.54, 1.807) is 11.3 Å². The molecule has 0 fully saturated rings.